The van der Waals surface area contributed by atoms with Crippen molar-refractivity contribution in [2.75, 3.05) is 6.54 Å². The summed E-state index contributed by atoms with van der Waals surface area (Å²) in [6, 6.07) is 20.4. The zero-order chi connectivity index (χ0) is 22.6. The van der Waals surface area contributed by atoms with Gasteiger partial charge in [0.15, 0.2) is 0 Å². The van der Waals surface area contributed by atoms with Crippen molar-refractivity contribution in [1.82, 2.24) is 10.2 Å². The predicted molar refractivity (Wildman–Crippen MR) is 127 cm³/mol. The molecule has 5 nitrogen and oxygen atoms in total. The topological polar surface area (TPSA) is 58.6 Å². The monoisotopic (exact) mass is 438 g/mol. The number of carbonyl (C=O) groups is 2. The van der Waals surface area contributed by atoms with E-state index in [4.69, 9.17) is 4.74 Å². The summed E-state index contributed by atoms with van der Waals surface area (Å²) >= 11 is 0. The van der Waals surface area contributed by atoms with Crippen LogP contribution in [0.1, 0.15) is 40.5 Å². The van der Waals surface area contributed by atoms with Gasteiger partial charge in [0.25, 0.3) is 0 Å². The van der Waals surface area contributed by atoms with E-state index in [9.17, 15) is 9.59 Å². The fraction of sp³-hybridized carbons (Fsp3) is 0.440. The molecule has 0 radical (unpaired) electrons. The first-order valence-corrected chi connectivity index (χ1v) is 13.6. The van der Waals surface area contributed by atoms with E-state index >= 15 is 0 Å². The van der Waals surface area contributed by atoms with Gasteiger partial charge in [-0.25, -0.2) is 4.79 Å². The average molecular weight is 439 g/mol. The molecule has 0 saturated carbocycles. The van der Waals surface area contributed by atoms with Gasteiger partial charge in [0.05, 0.1) is 0 Å². The van der Waals surface area contributed by atoms with Gasteiger partial charge in [0.2, 0.25) is 5.91 Å². The van der Waals surface area contributed by atoms with Gasteiger partial charge in [-0.3, -0.25) is 9.69 Å². The maximum absolute atomic E-state index is 13.3. The Kier molecular flexibility index (Phi) is 6.89. The zero-order valence-corrected chi connectivity index (χ0v) is 20.2. The van der Waals surface area contributed by atoms with Crippen LogP contribution in [0.2, 0.25) is 6.55 Å². The summed E-state index contributed by atoms with van der Waals surface area (Å²) in [6.45, 7) is 10.5. The standard InChI is InChI=1S/C25H34N2O3Si/c1-19(26-23(28)22-17-12-18-27(22)24(29)30-25(2,3)4)31(5,20-13-8-6-9-14-20)21-15-10-7-11-16-21/h6-11,13-16,19,22H,12,17-18H2,1-5H3,(H,26,28)/t19-,22+/m1/s1. The van der Waals surface area contributed by atoms with Crippen LogP contribution in [-0.2, 0) is 9.53 Å². The Morgan fingerprint density at radius 3 is 2.03 bits per heavy atom. The van der Waals surface area contributed by atoms with Crippen LogP contribution >= 0.6 is 0 Å². The van der Waals surface area contributed by atoms with Gasteiger partial charge in [-0.15, -0.1) is 0 Å². The Morgan fingerprint density at radius 2 is 1.55 bits per heavy atom. The molecule has 1 aliphatic heterocycles. The molecule has 1 N–H and O–H groups in total. The molecule has 0 unspecified atom stereocenters. The van der Waals surface area contributed by atoms with E-state index in [1.165, 1.54) is 10.4 Å². The van der Waals surface area contributed by atoms with Crippen LogP contribution in [0.15, 0.2) is 60.7 Å². The number of amides is 2. The lowest BCUT2D eigenvalue weighted by molar-refractivity contribution is -0.125. The average Bonchev–Trinajstić information content (AvgIpc) is 3.23. The number of nitrogens with one attached hydrogen (secondary N) is 1. The smallest absolute Gasteiger partial charge is 0.410 e. The van der Waals surface area contributed by atoms with Gasteiger partial charge in [-0.1, -0.05) is 77.6 Å². The first-order valence-electron chi connectivity index (χ1n) is 11.0. The van der Waals surface area contributed by atoms with Crippen molar-refractivity contribution in [2.24, 2.45) is 0 Å². The van der Waals surface area contributed by atoms with Gasteiger partial charge < -0.3 is 10.1 Å². The molecule has 0 spiro atoms. The maximum Gasteiger partial charge on any atom is 0.410 e. The van der Waals surface area contributed by atoms with Crippen molar-refractivity contribution in [3.8, 4) is 0 Å². The van der Waals surface area contributed by atoms with Crippen LogP contribution < -0.4 is 15.7 Å². The summed E-state index contributed by atoms with van der Waals surface area (Å²) < 4.78 is 5.53. The molecule has 2 aromatic carbocycles. The minimum Gasteiger partial charge on any atom is -0.444 e. The van der Waals surface area contributed by atoms with Crippen molar-refractivity contribution < 1.29 is 14.3 Å². The van der Waals surface area contributed by atoms with E-state index in [0.717, 1.165) is 6.42 Å². The lowest BCUT2D eigenvalue weighted by Crippen LogP contribution is -2.69. The van der Waals surface area contributed by atoms with E-state index in [-0.39, 0.29) is 11.6 Å². The molecule has 2 aromatic rings. The normalized spacial score (nSPS) is 17.8. The number of benzene rings is 2. The Balaban J connectivity index is 1.83. The molecule has 3 rings (SSSR count). The maximum atomic E-state index is 13.3. The van der Waals surface area contributed by atoms with Gasteiger partial charge in [-0.2, -0.15) is 0 Å². The molecule has 1 fully saturated rings. The number of likely N-dealkylation sites (tertiary alicyclic amines) is 1. The molecule has 166 valence electrons. The number of hydrogen-bond acceptors (Lipinski definition) is 3. The summed E-state index contributed by atoms with van der Waals surface area (Å²) in [7, 11) is -2.27. The minimum absolute atomic E-state index is 0.0501. The Labute approximate surface area is 186 Å². The Bertz CT molecular complexity index is 856. The molecule has 0 aromatic heterocycles. The number of rotatable bonds is 5. The molecule has 2 atom stereocenters. The second kappa shape index (κ2) is 9.26. The quantitative estimate of drug-likeness (QED) is 0.729. The van der Waals surface area contributed by atoms with Crippen molar-refractivity contribution in [2.45, 2.75) is 64.4 Å². The van der Waals surface area contributed by atoms with Crippen molar-refractivity contribution in [3.05, 3.63) is 60.7 Å². The summed E-state index contributed by atoms with van der Waals surface area (Å²) in [5.74, 6) is -0.0959. The molecule has 6 heteroatoms. The molecule has 31 heavy (non-hydrogen) atoms. The predicted octanol–water partition coefficient (Wildman–Crippen LogP) is 3.32. The molecular formula is C25H34N2O3Si. The minimum atomic E-state index is -2.27. The molecule has 0 bridgehead atoms. The van der Waals surface area contributed by atoms with E-state index in [2.05, 4.69) is 67.3 Å². The lowest BCUT2D eigenvalue weighted by atomic mass is 10.2. The van der Waals surface area contributed by atoms with Crippen LogP contribution in [0, 0.1) is 0 Å². The summed E-state index contributed by atoms with van der Waals surface area (Å²) in [6.07, 6.45) is 1.05. The molecule has 1 saturated heterocycles. The highest BCUT2D eigenvalue weighted by Crippen LogP contribution is 2.22. The van der Waals surface area contributed by atoms with Crippen LogP contribution in [-0.4, -0.2) is 48.8 Å². The number of carbonyl (C=O) groups excluding carboxylic acids is 2. The highest BCUT2D eigenvalue weighted by Gasteiger charge is 2.42. The van der Waals surface area contributed by atoms with Gasteiger partial charge >= 0.3 is 6.09 Å². The third-order valence-corrected chi connectivity index (χ3v) is 11.1. The highest BCUT2D eigenvalue weighted by atomic mass is 28.3. The van der Waals surface area contributed by atoms with Crippen LogP contribution in [0.25, 0.3) is 0 Å². The first-order chi connectivity index (χ1) is 14.6. The third-order valence-electron chi connectivity index (χ3n) is 6.16. The molecule has 1 heterocycles. The fourth-order valence-electron chi connectivity index (χ4n) is 4.27. The SMILES string of the molecule is C[C@H](NC(=O)[C@@H]1CCCN1C(=O)OC(C)(C)C)[Si](C)(c1ccccc1)c1ccccc1. The lowest BCUT2D eigenvalue weighted by Gasteiger charge is -2.36. The van der Waals surface area contributed by atoms with Crippen molar-refractivity contribution >= 4 is 30.4 Å². The van der Waals surface area contributed by atoms with Gasteiger partial charge in [-0.05, 0) is 40.5 Å². The highest BCUT2D eigenvalue weighted by molar-refractivity contribution is 7.02. The van der Waals surface area contributed by atoms with Gasteiger partial charge in [0, 0.05) is 12.2 Å². The van der Waals surface area contributed by atoms with Crippen molar-refractivity contribution in [3.63, 3.8) is 0 Å². The van der Waals surface area contributed by atoms with Crippen molar-refractivity contribution in [1.29, 1.82) is 0 Å². The first kappa shape index (κ1) is 23.1. The summed E-state index contributed by atoms with van der Waals surface area (Å²) in [5, 5.41) is 5.82. The van der Waals surface area contributed by atoms with Crippen LogP contribution in [0.3, 0.4) is 0 Å². The van der Waals surface area contributed by atoms with Crippen LogP contribution in [0.5, 0.6) is 0 Å². The van der Waals surface area contributed by atoms with E-state index in [0.29, 0.717) is 13.0 Å². The Morgan fingerprint density at radius 1 is 1.03 bits per heavy atom. The van der Waals surface area contributed by atoms with Crippen LogP contribution in [0.4, 0.5) is 4.79 Å². The van der Waals surface area contributed by atoms with E-state index in [1.54, 1.807) is 4.90 Å². The van der Waals surface area contributed by atoms with E-state index in [1.807, 2.05) is 32.9 Å². The summed E-state index contributed by atoms with van der Waals surface area (Å²) in [5.41, 5.74) is -0.633. The Hall–Kier alpha value is -2.60. The van der Waals surface area contributed by atoms with Gasteiger partial charge in [0.1, 0.15) is 19.7 Å². The molecule has 2 amide bonds. The number of ether oxygens (including phenoxy) is 1. The second-order valence-corrected chi connectivity index (χ2v) is 13.9. The second-order valence-electron chi connectivity index (χ2n) is 9.50. The third kappa shape index (κ3) is 5.18. The zero-order valence-electron chi connectivity index (χ0n) is 19.2. The molecule has 1 aliphatic rings. The number of hydrogen-bond donors (Lipinski definition) is 1. The fourth-order valence-corrected chi connectivity index (χ4v) is 7.80. The molecule has 0 aliphatic carbocycles. The summed E-state index contributed by atoms with van der Waals surface area (Å²) in [4.78, 5) is 27.5. The largest absolute Gasteiger partial charge is 0.444 e. The molecular weight excluding hydrogens is 404 g/mol. The van der Waals surface area contributed by atoms with E-state index < -0.39 is 25.8 Å². The number of nitrogens with zero attached hydrogens (tertiary/aromatic N) is 1.